The second-order valence-corrected chi connectivity index (χ2v) is 4.14. The van der Waals surface area contributed by atoms with Crippen molar-refractivity contribution in [3.63, 3.8) is 0 Å². The van der Waals surface area contributed by atoms with Crippen molar-refractivity contribution in [2.75, 3.05) is 0 Å². The quantitative estimate of drug-likeness (QED) is 0.318. The Bertz CT molecular complexity index is 379. The number of hydrogen-bond donors (Lipinski definition) is 2. The zero-order valence-electron chi connectivity index (χ0n) is 10.3. The molecule has 1 rings (SSSR count). The topological polar surface area (TPSA) is 79.3 Å². The van der Waals surface area contributed by atoms with Gasteiger partial charge < -0.3 is 0 Å². The molecule has 98 valence electrons. The summed E-state index contributed by atoms with van der Waals surface area (Å²) in [6.07, 6.45) is 8.44. The summed E-state index contributed by atoms with van der Waals surface area (Å²) in [6.45, 7) is 0. The Balaban J connectivity index is 2.03. The van der Waals surface area contributed by atoms with Crippen LogP contribution in [0.1, 0.15) is 37.7 Å². The Labute approximate surface area is 106 Å². The van der Waals surface area contributed by atoms with Gasteiger partial charge in [-0.2, -0.15) is 0 Å². The van der Waals surface area contributed by atoms with Gasteiger partial charge in [0.25, 0.3) is 0 Å². The molecule has 0 bridgehead atoms. The van der Waals surface area contributed by atoms with Crippen molar-refractivity contribution in [3.8, 4) is 0 Å². The minimum Gasteiger partial charge on any atom is -0.289 e. The highest BCUT2D eigenvalue weighted by molar-refractivity contribution is 6.35. The molecule has 1 amide bonds. The maximum absolute atomic E-state index is 11.0. The standard InChI is InChI=1S/C13H18N2O3/c16-12(13(17)15-18)8-4-2-1-3-6-11-7-5-9-14-10-11/h5,7,9-10,18H,1-4,6,8H2,(H,15,17). The van der Waals surface area contributed by atoms with Gasteiger partial charge in [0.05, 0.1) is 0 Å². The molecule has 0 atom stereocenters. The molecule has 18 heavy (non-hydrogen) atoms. The van der Waals surface area contributed by atoms with Crippen LogP contribution >= 0.6 is 0 Å². The van der Waals surface area contributed by atoms with Gasteiger partial charge in [0.2, 0.25) is 5.78 Å². The number of unbranched alkanes of at least 4 members (excludes halogenated alkanes) is 3. The van der Waals surface area contributed by atoms with Crippen LogP contribution in [0.5, 0.6) is 0 Å². The van der Waals surface area contributed by atoms with Crippen molar-refractivity contribution in [2.45, 2.75) is 38.5 Å². The Hall–Kier alpha value is -1.75. The third kappa shape index (κ3) is 5.54. The number of hydrogen-bond acceptors (Lipinski definition) is 4. The molecule has 5 nitrogen and oxygen atoms in total. The monoisotopic (exact) mass is 250 g/mol. The van der Waals surface area contributed by atoms with E-state index in [1.54, 1.807) is 6.20 Å². The molecule has 1 heterocycles. The number of carbonyl (C=O) groups excluding carboxylic acids is 2. The maximum atomic E-state index is 11.0. The average molecular weight is 250 g/mol. The van der Waals surface area contributed by atoms with Gasteiger partial charge in [-0.25, -0.2) is 5.48 Å². The Morgan fingerprint density at radius 3 is 2.67 bits per heavy atom. The van der Waals surface area contributed by atoms with Gasteiger partial charge in [0.15, 0.2) is 0 Å². The van der Waals surface area contributed by atoms with Crippen molar-refractivity contribution in [1.82, 2.24) is 10.5 Å². The molecular weight excluding hydrogens is 232 g/mol. The lowest BCUT2D eigenvalue weighted by Gasteiger charge is -2.01. The minimum atomic E-state index is -0.926. The summed E-state index contributed by atoms with van der Waals surface area (Å²) < 4.78 is 0. The van der Waals surface area contributed by atoms with Crippen LogP contribution in [-0.4, -0.2) is 21.9 Å². The molecule has 0 radical (unpaired) electrons. The van der Waals surface area contributed by atoms with Gasteiger partial charge in [0.1, 0.15) is 0 Å². The number of amides is 1. The summed E-state index contributed by atoms with van der Waals surface area (Å²) in [6, 6.07) is 3.96. The molecule has 0 aliphatic carbocycles. The molecule has 0 unspecified atom stereocenters. The Kier molecular flexibility index (Phi) is 6.64. The molecular formula is C13H18N2O3. The zero-order chi connectivity index (χ0) is 13.2. The van der Waals surface area contributed by atoms with E-state index in [2.05, 4.69) is 4.98 Å². The highest BCUT2D eigenvalue weighted by Gasteiger charge is 2.10. The van der Waals surface area contributed by atoms with E-state index in [0.29, 0.717) is 6.42 Å². The van der Waals surface area contributed by atoms with Crippen LogP contribution in [0.25, 0.3) is 0 Å². The van der Waals surface area contributed by atoms with E-state index in [-0.39, 0.29) is 6.42 Å². The van der Waals surface area contributed by atoms with Crippen molar-refractivity contribution < 1.29 is 14.8 Å². The predicted octanol–water partition coefficient (Wildman–Crippen LogP) is 1.65. The van der Waals surface area contributed by atoms with Crippen molar-refractivity contribution in [2.24, 2.45) is 0 Å². The van der Waals surface area contributed by atoms with E-state index < -0.39 is 11.7 Å². The zero-order valence-corrected chi connectivity index (χ0v) is 10.3. The molecule has 0 fully saturated rings. The van der Waals surface area contributed by atoms with Crippen LogP contribution in [0.15, 0.2) is 24.5 Å². The Morgan fingerprint density at radius 2 is 2.00 bits per heavy atom. The number of aryl methyl sites for hydroxylation is 1. The van der Waals surface area contributed by atoms with Gasteiger partial charge in [-0.3, -0.25) is 19.8 Å². The molecule has 1 aromatic heterocycles. The van der Waals surface area contributed by atoms with Crippen molar-refractivity contribution in [3.05, 3.63) is 30.1 Å². The Morgan fingerprint density at radius 1 is 1.22 bits per heavy atom. The molecule has 5 heteroatoms. The third-order valence-corrected chi connectivity index (χ3v) is 2.70. The van der Waals surface area contributed by atoms with Crippen LogP contribution in [-0.2, 0) is 16.0 Å². The number of nitrogens with one attached hydrogen (secondary N) is 1. The second kappa shape index (κ2) is 8.36. The lowest BCUT2D eigenvalue weighted by Crippen LogP contribution is -2.27. The van der Waals surface area contributed by atoms with Crippen molar-refractivity contribution >= 4 is 11.7 Å². The molecule has 0 spiro atoms. The molecule has 2 N–H and O–H groups in total. The highest BCUT2D eigenvalue weighted by atomic mass is 16.5. The van der Waals surface area contributed by atoms with Gasteiger partial charge in [-0.05, 0) is 30.9 Å². The number of hydroxylamine groups is 1. The third-order valence-electron chi connectivity index (χ3n) is 2.70. The summed E-state index contributed by atoms with van der Waals surface area (Å²) in [5.41, 5.74) is 2.56. The smallest absolute Gasteiger partial charge is 0.289 e. The molecule has 0 aromatic carbocycles. The predicted molar refractivity (Wildman–Crippen MR) is 66.0 cm³/mol. The van der Waals surface area contributed by atoms with Crippen LogP contribution in [0.3, 0.4) is 0 Å². The fraction of sp³-hybridized carbons (Fsp3) is 0.462. The number of nitrogens with zero attached hydrogens (tertiary/aromatic N) is 1. The first-order valence-electron chi connectivity index (χ1n) is 6.10. The van der Waals surface area contributed by atoms with E-state index in [9.17, 15) is 9.59 Å². The minimum absolute atomic E-state index is 0.194. The van der Waals surface area contributed by atoms with E-state index in [1.165, 1.54) is 11.0 Å². The normalized spacial score (nSPS) is 10.1. The first-order valence-corrected chi connectivity index (χ1v) is 6.10. The second-order valence-electron chi connectivity index (χ2n) is 4.14. The van der Waals surface area contributed by atoms with E-state index in [0.717, 1.165) is 25.7 Å². The average Bonchev–Trinajstić information content (AvgIpc) is 2.42. The SMILES string of the molecule is O=C(CCCCCCc1cccnc1)C(=O)NO. The fourth-order valence-electron chi connectivity index (χ4n) is 1.69. The number of carbonyl (C=O) groups is 2. The number of pyridine rings is 1. The fourth-order valence-corrected chi connectivity index (χ4v) is 1.69. The number of aromatic nitrogens is 1. The summed E-state index contributed by atoms with van der Waals surface area (Å²) in [4.78, 5) is 25.8. The van der Waals surface area contributed by atoms with Gasteiger partial charge in [0, 0.05) is 18.8 Å². The van der Waals surface area contributed by atoms with E-state index in [4.69, 9.17) is 5.21 Å². The summed E-state index contributed by atoms with van der Waals surface area (Å²) in [5, 5.41) is 8.25. The van der Waals surface area contributed by atoms with Gasteiger partial charge in [-0.1, -0.05) is 18.9 Å². The summed E-state index contributed by atoms with van der Waals surface area (Å²) in [5.74, 6) is -1.49. The van der Waals surface area contributed by atoms with Crippen LogP contribution in [0.2, 0.25) is 0 Å². The number of ketones is 1. The van der Waals surface area contributed by atoms with Crippen LogP contribution < -0.4 is 5.48 Å². The highest BCUT2D eigenvalue weighted by Crippen LogP contribution is 2.08. The number of rotatable bonds is 8. The van der Waals surface area contributed by atoms with Crippen LogP contribution in [0, 0.1) is 0 Å². The van der Waals surface area contributed by atoms with Crippen LogP contribution in [0.4, 0.5) is 0 Å². The van der Waals surface area contributed by atoms with Crippen molar-refractivity contribution in [1.29, 1.82) is 0 Å². The van der Waals surface area contributed by atoms with E-state index >= 15 is 0 Å². The molecule has 0 aliphatic rings. The molecule has 0 saturated carbocycles. The summed E-state index contributed by atoms with van der Waals surface area (Å²) >= 11 is 0. The van der Waals surface area contributed by atoms with Gasteiger partial charge in [-0.15, -0.1) is 0 Å². The molecule has 0 aliphatic heterocycles. The lowest BCUT2D eigenvalue weighted by molar-refractivity contribution is -0.143. The largest absolute Gasteiger partial charge is 0.310 e. The number of Topliss-reactive ketones (excluding diaryl/α,β-unsaturated/α-hetero) is 1. The molecule has 1 aromatic rings. The maximum Gasteiger partial charge on any atom is 0.310 e. The van der Waals surface area contributed by atoms with E-state index in [1.807, 2.05) is 18.3 Å². The first-order chi connectivity index (χ1) is 8.74. The lowest BCUT2D eigenvalue weighted by atomic mass is 10.1. The summed E-state index contributed by atoms with van der Waals surface area (Å²) in [7, 11) is 0. The van der Waals surface area contributed by atoms with Gasteiger partial charge >= 0.3 is 5.91 Å². The molecule has 0 saturated heterocycles. The first kappa shape index (κ1) is 14.3.